The molecule has 0 saturated heterocycles. The fourth-order valence-corrected chi connectivity index (χ4v) is 0.891. The molecule has 0 unspecified atom stereocenters. The molecule has 0 heterocycles. The van der Waals surface area contributed by atoms with Gasteiger partial charge < -0.3 is 21.9 Å². The van der Waals surface area contributed by atoms with Crippen LogP contribution < -0.4 is 16.8 Å². The lowest BCUT2D eigenvalue weighted by atomic mass is 10.1. The number of aliphatic hydroxyl groups excluding tert-OH is 1. The van der Waals surface area contributed by atoms with Gasteiger partial charge in [-0.05, 0) is 25.8 Å². The summed E-state index contributed by atoms with van der Waals surface area (Å²) < 4.78 is 0. The number of nitrogens with one attached hydrogen (secondary N) is 1. The van der Waals surface area contributed by atoms with E-state index in [0.29, 0.717) is 25.9 Å². The van der Waals surface area contributed by atoms with Crippen molar-refractivity contribution < 1.29 is 9.90 Å². The lowest BCUT2D eigenvalue weighted by Gasteiger charge is -2.10. The molecule has 5 heteroatoms. The Labute approximate surface area is 78.5 Å². The van der Waals surface area contributed by atoms with Crippen LogP contribution in [0, 0.1) is 0 Å². The van der Waals surface area contributed by atoms with Crippen molar-refractivity contribution in [2.75, 3.05) is 19.7 Å². The Morgan fingerprint density at radius 3 is 2.69 bits per heavy atom. The van der Waals surface area contributed by atoms with E-state index in [9.17, 15) is 4.79 Å². The van der Waals surface area contributed by atoms with Gasteiger partial charge in [0.1, 0.15) is 0 Å². The van der Waals surface area contributed by atoms with E-state index in [2.05, 4.69) is 5.32 Å². The smallest absolute Gasteiger partial charge is 0.236 e. The molecule has 0 aromatic rings. The van der Waals surface area contributed by atoms with Crippen molar-refractivity contribution in [3.8, 4) is 0 Å². The zero-order valence-corrected chi connectivity index (χ0v) is 7.83. The standard InChI is InChI=1S/C8H19N3O2/c9-4-1-3-7(10)8(13)11-5-2-6-12/h7,12H,1-6,9-10H2,(H,11,13)/t7-/m0/s1. The zero-order valence-electron chi connectivity index (χ0n) is 7.83. The predicted octanol–water partition coefficient (Wildman–Crippen LogP) is -1.45. The van der Waals surface area contributed by atoms with Crippen molar-refractivity contribution in [3.05, 3.63) is 0 Å². The third kappa shape index (κ3) is 6.51. The monoisotopic (exact) mass is 189 g/mol. The Kier molecular flexibility index (Phi) is 7.57. The Morgan fingerprint density at radius 2 is 2.15 bits per heavy atom. The number of carbonyl (C=O) groups is 1. The molecule has 1 amide bonds. The average Bonchev–Trinajstić information content (AvgIpc) is 2.14. The van der Waals surface area contributed by atoms with Crippen LogP contribution in [0.1, 0.15) is 19.3 Å². The Morgan fingerprint density at radius 1 is 1.46 bits per heavy atom. The normalized spacial score (nSPS) is 12.5. The van der Waals surface area contributed by atoms with E-state index in [0.717, 1.165) is 6.42 Å². The Hall–Kier alpha value is -0.650. The van der Waals surface area contributed by atoms with E-state index in [1.165, 1.54) is 0 Å². The lowest BCUT2D eigenvalue weighted by Crippen LogP contribution is -2.41. The van der Waals surface area contributed by atoms with Gasteiger partial charge in [-0.3, -0.25) is 4.79 Å². The molecule has 0 aromatic heterocycles. The van der Waals surface area contributed by atoms with Crippen LogP contribution in [0.2, 0.25) is 0 Å². The summed E-state index contributed by atoms with van der Waals surface area (Å²) in [6.45, 7) is 1.11. The second kappa shape index (κ2) is 7.97. The summed E-state index contributed by atoms with van der Waals surface area (Å²) >= 11 is 0. The first-order valence-electron chi connectivity index (χ1n) is 4.56. The molecule has 0 aromatic carbocycles. The van der Waals surface area contributed by atoms with Crippen LogP contribution in [0.4, 0.5) is 0 Å². The molecule has 13 heavy (non-hydrogen) atoms. The number of amides is 1. The molecule has 0 aliphatic carbocycles. The fourth-order valence-electron chi connectivity index (χ4n) is 0.891. The number of hydrogen-bond donors (Lipinski definition) is 4. The van der Waals surface area contributed by atoms with Crippen molar-refractivity contribution in [3.63, 3.8) is 0 Å². The molecule has 0 fully saturated rings. The molecular weight excluding hydrogens is 170 g/mol. The number of carbonyl (C=O) groups excluding carboxylic acids is 1. The van der Waals surface area contributed by atoms with Gasteiger partial charge in [0.05, 0.1) is 6.04 Å². The third-order valence-corrected chi connectivity index (χ3v) is 1.69. The van der Waals surface area contributed by atoms with Crippen LogP contribution in [0.25, 0.3) is 0 Å². The van der Waals surface area contributed by atoms with E-state index in [1.807, 2.05) is 0 Å². The maximum absolute atomic E-state index is 11.2. The van der Waals surface area contributed by atoms with Crippen LogP contribution in [0.5, 0.6) is 0 Å². The molecule has 0 spiro atoms. The molecule has 0 bridgehead atoms. The predicted molar refractivity (Wildman–Crippen MR) is 51.0 cm³/mol. The zero-order chi connectivity index (χ0) is 10.1. The first kappa shape index (κ1) is 12.3. The molecule has 0 radical (unpaired) electrons. The van der Waals surface area contributed by atoms with Gasteiger partial charge in [0.2, 0.25) is 5.91 Å². The first-order valence-corrected chi connectivity index (χ1v) is 4.56. The number of nitrogens with two attached hydrogens (primary N) is 2. The van der Waals surface area contributed by atoms with E-state index in [1.54, 1.807) is 0 Å². The van der Waals surface area contributed by atoms with Gasteiger partial charge in [0.25, 0.3) is 0 Å². The molecule has 0 aliphatic heterocycles. The Balaban J connectivity index is 3.45. The minimum atomic E-state index is -0.470. The topological polar surface area (TPSA) is 101 Å². The quantitative estimate of drug-likeness (QED) is 0.368. The minimum absolute atomic E-state index is 0.0817. The Bertz CT molecular complexity index is 141. The largest absolute Gasteiger partial charge is 0.396 e. The summed E-state index contributed by atoms with van der Waals surface area (Å²) in [4.78, 5) is 11.2. The van der Waals surface area contributed by atoms with E-state index < -0.39 is 6.04 Å². The molecule has 1 atom stereocenters. The van der Waals surface area contributed by atoms with Crippen molar-refractivity contribution >= 4 is 5.91 Å². The van der Waals surface area contributed by atoms with Gasteiger partial charge >= 0.3 is 0 Å². The molecule has 6 N–H and O–H groups in total. The highest BCUT2D eigenvalue weighted by Gasteiger charge is 2.10. The van der Waals surface area contributed by atoms with Crippen molar-refractivity contribution in [1.29, 1.82) is 0 Å². The van der Waals surface area contributed by atoms with Crippen LogP contribution in [-0.4, -0.2) is 36.8 Å². The molecule has 5 nitrogen and oxygen atoms in total. The second-order valence-corrected chi connectivity index (χ2v) is 2.91. The van der Waals surface area contributed by atoms with Crippen molar-refractivity contribution in [2.24, 2.45) is 11.5 Å². The highest BCUT2D eigenvalue weighted by atomic mass is 16.3. The van der Waals surface area contributed by atoms with Crippen LogP contribution >= 0.6 is 0 Å². The van der Waals surface area contributed by atoms with Gasteiger partial charge in [-0.25, -0.2) is 0 Å². The fraction of sp³-hybridized carbons (Fsp3) is 0.875. The summed E-state index contributed by atoms with van der Waals surface area (Å²) in [5, 5.41) is 11.1. The molecule has 0 rings (SSSR count). The summed E-state index contributed by atoms with van der Waals surface area (Å²) in [5.74, 6) is -0.165. The van der Waals surface area contributed by atoms with Gasteiger partial charge in [-0.15, -0.1) is 0 Å². The third-order valence-electron chi connectivity index (χ3n) is 1.69. The molecule has 0 aliphatic rings. The maximum Gasteiger partial charge on any atom is 0.236 e. The summed E-state index contributed by atoms with van der Waals surface area (Å²) in [5.41, 5.74) is 10.8. The average molecular weight is 189 g/mol. The SMILES string of the molecule is NCCC[C@H](N)C(=O)NCCCO. The number of hydrogen-bond acceptors (Lipinski definition) is 4. The molecule has 0 saturated carbocycles. The molecule has 78 valence electrons. The number of aliphatic hydroxyl groups is 1. The van der Waals surface area contributed by atoms with Crippen molar-refractivity contribution in [1.82, 2.24) is 5.32 Å². The van der Waals surface area contributed by atoms with Crippen LogP contribution in [-0.2, 0) is 4.79 Å². The first-order chi connectivity index (χ1) is 6.22. The summed E-state index contributed by atoms with van der Waals surface area (Å²) in [6, 6.07) is -0.470. The van der Waals surface area contributed by atoms with Crippen LogP contribution in [0.15, 0.2) is 0 Å². The van der Waals surface area contributed by atoms with Gasteiger partial charge in [-0.1, -0.05) is 0 Å². The molecular formula is C8H19N3O2. The summed E-state index contributed by atoms with van der Waals surface area (Å²) in [6.07, 6.45) is 1.94. The van der Waals surface area contributed by atoms with E-state index >= 15 is 0 Å². The highest BCUT2D eigenvalue weighted by molar-refractivity contribution is 5.81. The minimum Gasteiger partial charge on any atom is -0.396 e. The van der Waals surface area contributed by atoms with Gasteiger partial charge in [-0.2, -0.15) is 0 Å². The van der Waals surface area contributed by atoms with E-state index in [4.69, 9.17) is 16.6 Å². The highest BCUT2D eigenvalue weighted by Crippen LogP contribution is 1.92. The second-order valence-electron chi connectivity index (χ2n) is 2.91. The van der Waals surface area contributed by atoms with Crippen molar-refractivity contribution in [2.45, 2.75) is 25.3 Å². The summed E-state index contributed by atoms with van der Waals surface area (Å²) in [7, 11) is 0. The van der Waals surface area contributed by atoms with Gasteiger partial charge in [0.15, 0.2) is 0 Å². The van der Waals surface area contributed by atoms with E-state index in [-0.39, 0.29) is 12.5 Å². The van der Waals surface area contributed by atoms with Gasteiger partial charge in [0, 0.05) is 13.2 Å². The van der Waals surface area contributed by atoms with Crippen LogP contribution in [0.3, 0.4) is 0 Å². The maximum atomic E-state index is 11.2. The lowest BCUT2D eigenvalue weighted by molar-refractivity contribution is -0.122. The number of rotatable bonds is 7.